The topological polar surface area (TPSA) is 54.2 Å². The Labute approximate surface area is 124 Å². The lowest BCUT2D eigenvalue weighted by Crippen LogP contribution is -2.20. The highest BCUT2D eigenvalue weighted by molar-refractivity contribution is 7.09. The average molecular weight is 294 g/mol. The van der Waals surface area contributed by atoms with Gasteiger partial charge < -0.3 is 14.6 Å². The molecule has 0 aromatic carbocycles. The first-order valence-corrected chi connectivity index (χ1v) is 7.70. The maximum atomic E-state index is 5.51. The van der Waals surface area contributed by atoms with E-state index in [1.165, 1.54) is 0 Å². The summed E-state index contributed by atoms with van der Waals surface area (Å²) in [5, 5.41) is 6.51. The Bertz CT molecular complexity index is 535. The fourth-order valence-corrected chi connectivity index (χ4v) is 2.44. The third-order valence-corrected chi connectivity index (χ3v) is 3.61. The minimum absolute atomic E-state index is 0.636. The van der Waals surface area contributed by atoms with Crippen LogP contribution in [0.5, 0.6) is 0 Å². The van der Waals surface area contributed by atoms with Crippen LogP contribution in [0.1, 0.15) is 30.2 Å². The second-order valence-electron chi connectivity index (χ2n) is 5.36. The Morgan fingerprint density at radius 3 is 2.80 bits per heavy atom. The number of rotatable bonds is 7. The molecule has 2 rings (SSSR count). The van der Waals surface area contributed by atoms with Crippen molar-refractivity contribution >= 4 is 17.4 Å². The molecule has 1 N–H and O–H groups in total. The van der Waals surface area contributed by atoms with E-state index >= 15 is 0 Å². The van der Waals surface area contributed by atoms with Gasteiger partial charge in [-0.25, -0.2) is 4.98 Å². The number of nitrogens with one attached hydrogen (secondary N) is 1. The summed E-state index contributed by atoms with van der Waals surface area (Å²) in [5.74, 6) is 0.636. The fraction of sp³-hybridized carbons (Fsp3) is 0.571. The van der Waals surface area contributed by atoms with Crippen molar-refractivity contribution < 1.29 is 4.42 Å². The molecule has 6 heteroatoms. The molecule has 0 spiro atoms. The zero-order valence-electron chi connectivity index (χ0n) is 12.5. The van der Waals surface area contributed by atoms with Gasteiger partial charge in [-0.05, 0) is 19.4 Å². The molecule has 5 nitrogen and oxygen atoms in total. The molecule has 0 aliphatic heterocycles. The third-order valence-electron chi connectivity index (χ3n) is 2.79. The molecule has 0 fully saturated rings. The molecule has 0 bridgehead atoms. The van der Waals surface area contributed by atoms with E-state index < -0.39 is 0 Å². The van der Waals surface area contributed by atoms with Gasteiger partial charge in [0.05, 0.1) is 22.9 Å². The molecule has 0 saturated heterocycles. The quantitative estimate of drug-likeness (QED) is 0.851. The predicted octanol–water partition coefficient (Wildman–Crippen LogP) is 2.82. The predicted molar refractivity (Wildman–Crippen MR) is 82.0 cm³/mol. The van der Waals surface area contributed by atoms with Gasteiger partial charge in [-0.2, -0.15) is 4.98 Å². The molecule has 2 heterocycles. The van der Waals surface area contributed by atoms with E-state index in [9.17, 15) is 0 Å². The number of anilines is 1. The van der Waals surface area contributed by atoms with Crippen LogP contribution in [0, 0.1) is 12.8 Å². The summed E-state index contributed by atoms with van der Waals surface area (Å²) in [6, 6.07) is 0.636. The van der Waals surface area contributed by atoms with Crippen molar-refractivity contribution in [3.63, 3.8) is 0 Å². The SMILES string of the molecule is Cc1nc(CN(C)c2nc(CNCC(C)C)co2)cs1. The van der Waals surface area contributed by atoms with Crippen LogP contribution in [-0.4, -0.2) is 23.6 Å². The number of aryl methyl sites for hydroxylation is 1. The molecule has 0 amide bonds. The van der Waals surface area contributed by atoms with E-state index in [0.29, 0.717) is 18.5 Å². The Morgan fingerprint density at radius 2 is 2.15 bits per heavy atom. The van der Waals surface area contributed by atoms with Gasteiger partial charge in [0.15, 0.2) is 0 Å². The van der Waals surface area contributed by atoms with Crippen molar-refractivity contribution in [2.24, 2.45) is 5.92 Å². The summed E-state index contributed by atoms with van der Waals surface area (Å²) in [6.07, 6.45) is 1.71. The van der Waals surface area contributed by atoms with Crippen molar-refractivity contribution in [3.8, 4) is 0 Å². The van der Waals surface area contributed by atoms with Crippen LogP contribution >= 0.6 is 11.3 Å². The number of hydrogen-bond donors (Lipinski definition) is 1. The Hall–Kier alpha value is -1.40. The maximum Gasteiger partial charge on any atom is 0.297 e. The van der Waals surface area contributed by atoms with Crippen LogP contribution in [0.15, 0.2) is 16.1 Å². The Kier molecular flexibility index (Phi) is 5.14. The second kappa shape index (κ2) is 6.85. The zero-order chi connectivity index (χ0) is 14.5. The number of aromatic nitrogens is 2. The van der Waals surface area contributed by atoms with Crippen LogP contribution < -0.4 is 10.2 Å². The van der Waals surface area contributed by atoms with Crippen molar-refractivity contribution in [3.05, 3.63) is 28.0 Å². The lowest BCUT2D eigenvalue weighted by atomic mass is 10.2. The van der Waals surface area contributed by atoms with E-state index in [0.717, 1.165) is 29.5 Å². The maximum absolute atomic E-state index is 5.51. The van der Waals surface area contributed by atoms with Crippen LogP contribution in [0.2, 0.25) is 0 Å². The third kappa shape index (κ3) is 4.31. The van der Waals surface area contributed by atoms with Crippen molar-refractivity contribution in [1.29, 1.82) is 0 Å². The van der Waals surface area contributed by atoms with E-state index in [2.05, 4.69) is 34.5 Å². The fourth-order valence-electron chi connectivity index (χ4n) is 1.83. The van der Waals surface area contributed by atoms with Crippen molar-refractivity contribution in [1.82, 2.24) is 15.3 Å². The van der Waals surface area contributed by atoms with Crippen LogP contribution in [0.3, 0.4) is 0 Å². The zero-order valence-corrected chi connectivity index (χ0v) is 13.3. The monoisotopic (exact) mass is 294 g/mol. The van der Waals surface area contributed by atoms with E-state index in [4.69, 9.17) is 4.42 Å². The highest BCUT2D eigenvalue weighted by Gasteiger charge is 2.11. The molecule has 2 aromatic rings. The lowest BCUT2D eigenvalue weighted by molar-refractivity contribution is 0.534. The average Bonchev–Trinajstić information content (AvgIpc) is 2.98. The molecule has 0 saturated carbocycles. The van der Waals surface area contributed by atoms with Gasteiger partial charge in [-0.15, -0.1) is 11.3 Å². The van der Waals surface area contributed by atoms with Gasteiger partial charge in [-0.3, -0.25) is 0 Å². The Balaban J connectivity index is 1.87. The molecule has 0 aliphatic carbocycles. The normalized spacial score (nSPS) is 11.2. The van der Waals surface area contributed by atoms with Gasteiger partial charge in [-0.1, -0.05) is 13.8 Å². The number of hydrogen-bond acceptors (Lipinski definition) is 6. The minimum atomic E-state index is 0.636. The summed E-state index contributed by atoms with van der Waals surface area (Å²) in [5.41, 5.74) is 1.98. The van der Waals surface area contributed by atoms with E-state index in [-0.39, 0.29) is 0 Å². The molecule has 110 valence electrons. The number of thiazole rings is 1. The first kappa shape index (κ1) is 15.0. The number of oxazole rings is 1. The largest absolute Gasteiger partial charge is 0.432 e. The van der Waals surface area contributed by atoms with Crippen molar-refractivity contribution in [2.45, 2.75) is 33.9 Å². The summed E-state index contributed by atoms with van der Waals surface area (Å²) in [7, 11) is 1.96. The summed E-state index contributed by atoms with van der Waals surface area (Å²) in [6.45, 7) is 8.82. The first-order valence-electron chi connectivity index (χ1n) is 6.82. The second-order valence-corrected chi connectivity index (χ2v) is 6.42. The van der Waals surface area contributed by atoms with E-state index in [1.54, 1.807) is 17.6 Å². The first-order chi connectivity index (χ1) is 9.54. The minimum Gasteiger partial charge on any atom is -0.432 e. The molecule has 0 atom stereocenters. The molecular formula is C14H22N4OS. The van der Waals surface area contributed by atoms with Crippen LogP contribution in [0.25, 0.3) is 0 Å². The summed E-state index contributed by atoms with van der Waals surface area (Å²) >= 11 is 1.66. The molecule has 0 unspecified atom stereocenters. The molecule has 0 radical (unpaired) electrons. The standard InChI is InChI=1S/C14H22N4OS/c1-10(2)5-15-6-12-8-19-14(17-12)18(4)7-13-9-20-11(3)16-13/h8-10,15H,5-7H2,1-4H3. The summed E-state index contributed by atoms with van der Waals surface area (Å²) in [4.78, 5) is 10.9. The Morgan fingerprint density at radius 1 is 1.35 bits per heavy atom. The summed E-state index contributed by atoms with van der Waals surface area (Å²) < 4.78 is 5.51. The molecule has 2 aromatic heterocycles. The van der Waals surface area contributed by atoms with Gasteiger partial charge in [0.1, 0.15) is 6.26 Å². The van der Waals surface area contributed by atoms with Crippen molar-refractivity contribution in [2.75, 3.05) is 18.5 Å². The smallest absolute Gasteiger partial charge is 0.297 e. The van der Waals surface area contributed by atoms with E-state index in [1.807, 2.05) is 18.9 Å². The molecular weight excluding hydrogens is 272 g/mol. The number of nitrogens with zero attached hydrogens (tertiary/aromatic N) is 3. The lowest BCUT2D eigenvalue weighted by Gasteiger charge is -2.12. The highest BCUT2D eigenvalue weighted by Crippen LogP contribution is 2.16. The van der Waals surface area contributed by atoms with Gasteiger partial charge >= 0.3 is 0 Å². The van der Waals surface area contributed by atoms with Gasteiger partial charge in [0, 0.05) is 19.0 Å². The van der Waals surface area contributed by atoms with Gasteiger partial charge in [0.25, 0.3) is 6.01 Å². The molecule has 0 aliphatic rings. The van der Waals surface area contributed by atoms with Crippen LogP contribution in [0.4, 0.5) is 6.01 Å². The molecule has 20 heavy (non-hydrogen) atoms. The van der Waals surface area contributed by atoms with Gasteiger partial charge in [0.2, 0.25) is 0 Å². The highest BCUT2D eigenvalue weighted by atomic mass is 32.1. The van der Waals surface area contributed by atoms with Crippen LogP contribution in [-0.2, 0) is 13.1 Å².